The fourth-order valence-corrected chi connectivity index (χ4v) is 1.55. The molecular weight excluding hydrogens is 218 g/mol. The Bertz CT molecular complexity index is 460. The molecule has 0 amide bonds. The molecule has 0 radical (unpaired) electrons. The van der Waals surface area contributed by atoms with Gasteiger partial charge in [-0.15, -0.1) is 6.42 Å². The molecule has 1 aromatic rings. The fraction of sp³-hybridized carbons (Fsp3) is 0.385. The van der Waals surface area contributed by atoms with E-state index in [9.17, 15) is 4.79 Å². The largest absolute Gasteiger partial charge is 0.480 e. The van der Waals surface area contributed by atoms with Crippen LogP contribution in [0.15, 0.2) is 18.3 Å². The Morgan fingerprint density at radius 2 is 2.41 bits per heavy atom. The molecule has 0 spiro atoms. The minimum Gasteiger partial charge on any atom is -0.480 e. The third-order valence-corrected chi connectivity index (χ3v) is 2.63. The van der Waals surface area contributed by atoms with Crippen molar-refractivity contribution in [2.75, 3.05) is 7.11 Å². The van der Waals surface area contributed by atoms with Gasteiger partial charge in [-0.05, 0) is 25.0 Å². The molecule has 1 heterocycles. The first-order valence-corrected chi connectivity index (χ1v) is 5.42. The van der Waals surface area contributed by atoms with Crippen LogP contribution >= 0.6 is 0 Å². The first-order valence-electron chi connectivity index (χ1n) is 5.42. The molecule has 0 aromatic carbocycles. The molecule has 2 rings (SSSR count). The lowest BCUT2D eigenvalue weighted by Gasteiger charge is -2.12. The van der Waals surface area contributed by atoms with Gasteiger partial charge in [0.25, 0.3) is 0 Å². The molecule has 4 heteroatoms. The number of carbonyl (C=O) groups excluding carboxylic acids is 1. The zero-order valence-electron chi connectivity index (χ0n) is 9.55. The molecule has 1 aliphatic rings. The first-order chi connectivity index (χ1) is 8.26. The molecule has 1 aliphatic carbocycles. The molecule has 0 aliphatic heterocycles. The van der Waals surface area contributed by atoms with Gasteiger partial charge in [0.2, 0.25) is 5.88 Å². The average Bonchev–Trinajstić information content (AvgIpc) is 3.19. The summed E-state index contributed by atoms with van der Waals surface area (Å²) in [5.41, 5.74) is 0.302. The van der Waals surface area contributed by atoms with Crippen molar-refractivity contribution < 1.29 is 14.3 Å². The van der Waals surface area contributed by atoms with E-state index in [1.54, 1.807) is 18.3 Å². The number of rotatable bonds is 4. The topological polar surface area (TPSA) is 48.4 Å². The van der Waals surface area contributed by atoms with Crippen molar-refractivity contribution in [3.8, 4) is 18.2 Å². The molecule has 17 heavy (non-hydrogen) atoms. The summed E-state index contributed by atoms with van der Waals surface area (Å²) in [6, 6.07) is 3.26. The van der Waals surface area contributed by atoms with E-state index in [0.717, 1.165) is 12.8 Å². The second-order valence-corrected chi connectivity index (χ2v) is 3.89. The van der Waals surface area contributed by atoms with Gasteiger partial charge in [0.1, 0.15) is 5.56 Å². The summed E-state index contributed by atoms with van der Waals surface area (Å²) in [6.07, 6.45) is 8.49. The normalized spacial score (nSPS) is 15.8. The van der Waals surface area contributed by atoms with Crippen molar-refractivity contribution in [3.63, 3.8) is 0 Å². The van der Waals surface area contributed by atoms with E-state index in [4.69, 9.17) is 15.9 Å². The number of aromatic nitrogens is 1. The molecule has 1 aromatic heterocycles. The van der Waals surface area contributed by atoms with Crippen molar-refractivity contribution in [1.82, 2.24) is 4.98 Å². The average molecular weight is 231 g/mol. The first kappa shape index (κ1) is 11.5. The Morgan fingerprint density at radius 1 is 1.65 bits per heavy atom. The summed E-state index contributed by atoms with van der Waals surface area (Å²) in [7, 11) is 1.46. The highest BCUT2D eigenvalue weighted by Crippen LogP contribution is 2.34. The van der Waals surface area contributed by atoms with Gasteiger partial charge in [-0.25, -0.2) is 9.78 Å². The van der Waals surface area contributed by atoms with Gasteiger partial charge in [0, 0.05) is 12.1 Å². The van der Waals surface area contributed by atoms with E-state index in [2.05, 4.69) is 10.9 Å². The zero-order valence-corrected chi connectivity index (χ0v) is 9.55. The van der Waals surface area contributed by atoms with Crippen LogP contribution in [0.4, 0.5) is 0 Å². The van der Waals surface area contributed by atoms with E-state index in [-0.39, 0.29) is 5.88 Å². The molecule has 1 fully saturated rings. The molecule has 1 atom stereocenters. The van der Waals surface area contributed by atoms with Crippen LogP contribution in [-0.2, 0) is 4.74 Å². The lowest BCUT2D eigenvalue weighted by Crippen LogP contribution is -2.19. The zero-order chi connectivity index (χ0) is 12.3. The number of hydrogen-bond acceptors (Lipinski definition) is 4. The lowest BCUT2D eigenvalue weighted by atomic mass is 10.2. The summed E-state index contributed by atoms with van der Waals surface area (Å²) in [4.78, 5) is 15.8. The Kier molecular flexibility index (Phi) is 3.29. The number of methoxy groups -OCH3 is 1. The van der Waals surface area contributed by atoms with Crippen LogP contribution in [0.3, 0.4) is 0 Å². The number of hydrogen-bond donors (Lipinski definition) is 0. The van der Waals surface area contributed by atoms with Crippen molar-refractivity contribution >= 4 is 5.97 Å². The maximum atomic E-state index is 11.9. The SMILES string of the molecule is C#C[C@@H](OC(=O)c1cccnc1OC)C1CC1. The number of terminal acetylenes is 1. The number of ether oxygens (including phenoxy) is 2. The number of pyridine rings is 1. The molecule has 88 valence electrons. The molecule has 0 bridgehead atoms. The quantitative estimate of drug-likeness (QED) is 0.584. The maximum Gasteiger partial charge on any atom is 0.344 e. The van der Waals surface area contributed by atoms with Gasteiger partial charge in [0.05, 0.1) is 7.11 Å². The van der Waals surface area contributed by atoms with E-state index in [0.29, 0.717) is 11.5 Å². The smallest absolute Gasteiger partial charge is 0.344 e. The summed E-state index contributed by atoms with van der Waals surface area (Å²) < 4.78 is 10.3. The van der Waals surface area contributed by atoms with Crippen LogP contribution in [0, 0.1) is 18.3 Å². The summed E-state index contributed by atoms with van der Waals surface area (Å²) >= 11 is 0. The Labute approximate surface area is 100.0 Å². The number of carbonyl (C=O) groups is 1. The minimum atomic E-state index is -0.482. The van der Waals surface area contributed by atoms with Gasteiger partial charge < -0.3 is 9.47 Å². The molecule has 4 nitrogen and oxygen atoms in total. The minimum absolute atomic E-state index is 0.254. The van der Waals surface area contributed by atoms with Gasteiger partial charge >= 0.3 is 5.97 Å². The molecule has 0 unspecified atom stereocenters. The van der Waals surface area contributed by atoms with E-state index < -0.39 is 12.1 Å². The lowest BCUT2D eigenvalue weighted by molar-refractivity contribution is 0.0370. The van der Waals surface area contributed by atoms with Crippen LogP contribution in [0.1, 0.15) is 23.2 Å². The molecule has 1 saturated carbocycles. The fourth-order valence-electron chi connectivity index (χ4n) is 1.55. The predicted octanol–water partition coefficient (Wildman–Crippen LogP) is 1.66. The van der Waals surface area contributed by atoms with E-state index in [1.807, 2.05) is 0 Å². The van der Waals surface area contributed by atoms with Crippen LogP contribution in [0.25, 0.3) is 0 Å². The predicted molar refractivity (Wildman–Crippen MR) is 61.5 cm³/mol. The van der Waals surface area contributed by atoms with E-state index >= 15 is 0 Å². The van der Waals surface area contributed by atoms with Gasteiger partial charge in [0.15, 0.2) is 6.10 Å². The van der Waals surface area contributed by atoms with Gasteiger partial charge in [-0.2, -0.15) is 0 Å². The molecule has 0 saturated heterocycles. The highest BCUT2D eigenvalue weighted by molar-refractivity contribution is 5.92. The summed E-state index contributed by atoms with van der Waals surface area (Å²) in [5.74, 6) is 2.58. The standard InChI is InChI=1S/C13H13NO3/c1-3-11(9-6-7-9)17-13(15)10-5-4-8-14-12(10)16-2/h1,4-5,8-9,11H,6-7H2,2H3/t11-/m1/s1. The van der Waals surface area contributed by atoms with Crippen LogP contribution < -0.4 is 4.74 Å². The van der Waals surface area contributed by atoms with Gasteiger partial charge in [-0.1, -0.05) is 5.92 Å². The number of esters is 1. The third kappa shape index (κ3) is 2.56. The number of nitrogens with zero attached hydrogens (tertiary/aromatic N) is 1. The maximum absolute atomic E-state index is 11.9. The van der Waals surface area contributed by atoms with Crippen molar-refractivity contribution in [2.45, 2.75) is 18.9 Å². The molecule has 0 N–H and O–H groups in total. The summed E-state index contributed by atoms with van der Waals surface area (Å²) in [5, 5.41) is 0. The summed E-state index contributed by atoms with van der Waals surface area (Å²) in [6.45, 7) is 0. The van der Waals surface area contributed by atoms with Crippen molar-refractivity contribution in [1.29, 1.82) is 0 Å². The Hall–Kier alpha value is -2.02. The Morgan fingerprint density at radius 3 is 3.00 bits per heavy atom. The van der Waals surface area contributed by atoms with Crippen molar-refractivity contribution in [3.05, 3.63) is 23.9 Å². The third-order valence-electron chi connectivity index (χ3n) is 2.63. The van der Waals surface area contributed by atoms with E-state index in [1.165, 1.54) is 7.11 Å². The monoisotopic (exact) mass is 231 g/mol. The Balaban J connectivity index is 2.11. The second-order valence-electron chi connectivity index (χ2n) is 3.89. The second kappa shape index (κ2) is 4.88. The highest BCUT2D eigenvalue weighted by Gasteiger charge is 2.33. The van der Waals surface area contributed by atoms with Crippen molar-refractivity contribution in [2.24, 2.45) is 5.92 Å². The van der Waals surface area contributed by atoms with Gasteiger partial charge in [-0.3, -0.25) is 0 Å². The molecular formula is C13H13NO3. The van der Waals surface area contributed by atoms with Crippen LogP contribution in [-0.4, -0.2) is 24.2 Å². The highest BCUT2D eigenvalue weighted by atomic mass is 16.5. The van der Waals surface area contributed by atoms with Crippen LogP contribution in [0.5, 0.6) is 5.88 Å². The van der Waals surface area contributed by atoms with Crippen LogP contribution in [0.2, 0.25) is 0 Å².